The highest BCUT2D eigenvalue weighted by Crippen LogP contribution is 2.21. The van der Waals surface area contributed by atoms with E-state index in [1.165, 1.54) is 4.90 Å². The van der Waals surface area contributed by atoms with Crippen LogP contribution < -0.4 is 43.8 Å². The maximum absolute atomic E-state index is 13.7. The molecule has 0 saturated carbocycles. The number of aliphatic imine (C=N–C) groups is 1. The molecule has 310 valence electrons. The fourth-order valence-corrected chi connectivity index (χ4v) is 5.46. The van der Waals surface area contributed by atoms with Gasteiger partial charge in [-0.25, -0.2) is 4.79 Å². The minimum atomic E-state index is -1.66. The van der Waals surface area contributed by atoms with Gasteiger partial charge in [0, 0.05) is 25.9 Å². The van der Waals surface area contributed by atoms with E-state index in [4.69, 9.17) is 27.4 Å². The molecule has 0 radical (unpaired) electrons. The number of amides is 6. The lowest BCUT2D eigenvalue weighted by molar-refractivity contribution is -0.144. The summed E-state index contributed by atoms with van der Waals surface area (Å²) in [5.41, 5.74) is 16.6. The first-order valence-electron chi connectivity index (χ1n) is 17.6. The Morgan fingerprint density at radius 1 is 0.782 bits per heavy atom. The Morgan fingerprint density at radius 3 is 1.93 bits per heavy atom. The summed E-state index contributed by atoms with van der Waals surface area (Å²) in [6, 6.07) is -7.92. The number of hydrogen-bond donors (Lipinski definition) is 12. The van der Waals surface area contributed by atoms with Crippen LogP contribution in [0.2, 0.25) is 0 Å². The Balaban J connectivity index is 2.91. The molecular formula is C32H54N10O13. The van der Waals surface area contributed by atoms with Crippen LogP contribution in [0.4, 0.5) is 0 Å². The largest absolute Gasteiger partial charge is 0.481 e. The molecule has 1 heterocycles. The molecule has 0 aromatic carbocycles. The van der Waals surface area contributed by atoms with Crippen molar-refractivity contribution < 1.29 is 63.6 Å². The fraction of sp³-hybridized carbons (Fsp3) is 0.688. The number of carbonyl (C=O) groups excluding carboxylic acids is 6. The maximum Gasteiger partial charge on any atom is 0.326 e. The minimum Gasteiger partial charge on any atom is -0.481 e. The number of guanidine groups is 1. The van der Waals surface area contributed by atoms with E-state index < -0.39 is 128 Å². The number of nitrogens with zero attached hydrogens (tertiary/aromatic N) is 2. The third kappa shape index (κ3) is 17.9. The number of rotatable bonds is 25. The van der Waals surface area contributed by atoms with Gasteiger partial charge < -0.3 is 69.1 Å². The minimum absolute atomic E-state index is 0.0470. The van der Waals surface area contributed by atoms with Gasteiger partial charge >= 0.3 is 17.9 Å². The molecule has 15 N–H and O–H groups in total. The lowest BCUT2D eigenvalue weighted by Gasteiger charge is -2.30. The van der Waals surface area contributed by atoms with Crippen LogP contribution in [0.15, 0.2) is 4.99 Å². The summed E-state index contributed by atoms with van der Waals surface area (Å²) in [6.45, 7) is 2.33. The monoisotopic (exact) mass is 786 g/mol. The normalized spacial score (nSPS) is 16.4. The molecule has 0 aromatic heterocycles. The van der Waals surface area contributed by atoms with Gasteiger partial charge in [0.05, 0.1) is 19.2 Å². The second-order valence-electron chi connectivity index (χ2n) is 13.3. The van der Waals surface area contributed by atoms with Crippen LogP contribution in [0, 0.1) is 5.92 Å². The lowest BCUT2D eigenvalue weighted by atomic mass is 10.0. The van der Waals surface area contributed by atoms with Crippen molar-refractivity contribution in [3.63, 3.8) is 0 Å². The first kappa shape index (κ1) is 47.4. The zero-order chi connectivity index (χ0) is 41.8. The van der Waals surface area contributed by atoms with Crippen molar-refractivity contribution in [3.8, 4) is 0 Å². The first-order chi connectivity index (χ1) is 25.8. The molecule has 6 unspecified atom stereocenters. The van der Waals surface area contributed by atoms with Gasteiger partial charge in [0.1, 0.15) is 30.2 Å². The molecule has 0 spiro atoms. The van der Waals surface area contributed by atoms with Crippen LogP contribution in [0.5, 0.6) is 0 Å². The third-order valence-electron chi connectivity index (χ3n) is 8.26. The van der Waals surface area contributed by atoms with E-state index >= 15 is 0 Å². The number of carbonyl (C=O) groups is 9. The van der Waals surface area contributed by atoms with E-state index in [1.807, 2.05) is 13.8 Å². The van der Waals surface area contributed by atoms with Crippen LogP contribution >= 0.6 is 0 Å². The molecule has 1 rings (SSSR count). The SMILES string of the molecule is CC(C)CC(NC(=O)C(N)CCCN=C(N)N)C(=O)N1CCCC1C(=O)NC(CO)C(=O)NCC(=O)NC(CCC(=O)O)C(=O)NC(CCC(=O)O)C(=O)O. The predicted molar refractivity (Wildman–Crippen MR) is 191 cm³/mol. The van der Waals surface area contributed by atoms with Crippen molar-refractivity contribution in [1.29, 1.82) is 0 Å². The van der Waals surface area contributed by atoms with Crippen LogP contribution in [0.3, 0.4) is 0 Å². The van der Waals surface area contributed by atoms with Crippen LogP contribution in [0.1, 0.15) is 71.6 Å². The van der Waals surface area contributed by atoms with Crippen LogP contribution in [-0.2, 0) is 43.2 Å². The number of nitrogens with two attached hydrogens (primary N) is 3. The second kappa shape index (κ2) is 24.0. The average Bonchev–Trinajstić information content (AvgIpc) is 3.60. The average molecular weight is 787 g/mol. The number of aliphatic carboxylic acids is 3. The number of nitrogens with one attached hydrogen (secondary N) is 5. The summed E-state index contributed by atoms with van der Waals surface area (Å²) in [5.74, 6) is -9.50. The Labute approximate surface area is 316 Å². The van der Waals surface area contributed by atoms with E-state index in [9.17, 15) is 53.4 Å². The summed E-state index contributed by atoms with van der Waals surface area (Å²) in [5, 5.41) is 48.5. The van der Waals surface area contributed by atoms with E-state index in [2.05, 4.69) is 31.6 Å². The Kier molecular flexibility index (Phi) is 20.7. The highest BCUT2D eigenvalue weighted by Gasteiger charge is 2.39. The van der Waals surface area contributed by atoms with Gasteiger partial charge in [-0.05, 0) is 50.9 Å². The van der Waals surface area contributed by atoms with Gasteiger partial charge in [0.15, 0.2) is 5.96 Å². The topological polar surface area (TPSA) is 388 Å². The smallest absolute Gasteiger partial charge is 0.326 e. The summed E-state index contributed by atoms with van der Waals surface area (Å²) < 4.78 is 0. The molecule has 23 heteroatoms. The highest BCUT2D eigenvalue weighted by molar-refractivity contribution is 5.96. The molecule has 1 saturated heterocycles. The molecule has 6 amide bonds. The number of hydrogen-bond acceptors (Lipinski definition) is 12. The van der Waals surface area contributed by atoms with Gasteiger partial charge in [-0.15, -0.1) is 0 Å². The van der Waals surface area contributed by atoms with Crippen LogP contribution in [-0.4, -0.2) is 147 Å². The van der Waals surface area contributed by atoms with E-state index in [1.54, 1.807) is 0 Å². The number of likely N-dealkylation sites (tertiary alicyclic amines) is 1. The summed E-state index contributed by atoms with van der Waals surface area (Å²) in [6.07, 6.45) is -0.750. The standard InChI is InChI=1S/C32H54N10O13/c1-16(2)13-20(40-26(49)17(33)5-3-11-36-32(34)35)30(53)42-12-4-6-22(42)29(52)41-21(15-43)27(50)37-14-23(44)38-18(7-9-24(45)46)28(51)39-19(31(54)55)8-10-25(47)48/h16-22,43H,3-15,33H2,1-2H3,(H,37,50)(H,38,44)(H,39,51)(H,40,49)(H,41,52)(H,45,46)(H,47,48)(H,54,55)(H4,34,35,36). The fourth-order valence-electron chi connectivity index (χ4n) is 5.46. The molecular weight excluding hydrogens is 732 g/mol. The van der Waals surface area contributed by atoms with Gasteiger partial charge in [-0.1, -0.05) is 13.8 Å². The van der Waals surface area contributed by atoms with Gasteiger partial charge in [0.25, 0.3) is 0 Å². The molecule has 0 bridgehead atoms. The Bertz CT molecular complexity index is 1420. The number of carboxylic acid groups (broad SMARTS) is 3. The number of aliphatic hydroxyl groups is 1. The molecule has 1 fully saturated rings. The van der Waals surface area contributed by atoms with Crippen molar-refractivity contribution in [2.24, 2.45) is 28.1 Å². The van der Waals surface area contributed by atoms with Crippen molar-refractivity contribution in [2.45, 2.75) is 108 Å². The summed E-state index contributed by atoms with van der Waals surface area (Å²) in [7, 11) is 0. The van der Waals surface area contributed by atoms with E-state index in [0.717, 1.165) is 0 Å². The third-order valence-corrected chi connectivity index (χ3v) is 8.26. The van der Waals surface area contributed by atoms with Crippen molar-refractivity contribution >= 4 is 59.3 Å². The van der Waals surface area contributed by atoms with Gasteiger partial charge in [0.2, 0.25) is 35.4 Å². The summed E-state index contributed by atoms with van der Waals surface area (Å²) >= 11 is 0. The van der Waals surface area contributed by atoms with E-state index in [0.29, 0.717) is 12.8 Å². The molecule has 0 aromatic rings. The van der Waals surface area contributed by atoms with Crippen molar-refractivity contribution in [1.82, 2.24) is 31.5 Å². The van der Waals surface area contributed by atoms with Gasteiger partial charge in [-0.2, -0.15) is 0 Å². The molecule has 1 aliphatic rings. The lowest BCUT2D eigenvalue weighted by Crippen LogP contribution is -2.58. The van der Waals surface area contributed by atoms with Crippen LogP contribution in [0.25, 0.3) is 0 Å². The van der Waals surface area contributed by atoms with Crippen molar-refractivity contribution in [2.75, 3.05) is 26.2 Å². The predicted octanol–water partition coefficient (Wildman–Crippen LogP) is -4.73. The second-order valence-corrected chi connectivity index (χ2v) is 13.3. The van der Waals surface area contributed by atoms with E-state index in [-0.39, 0.29) is 44.2 Å². The molecule has 0 aliphatic carbocycles. The quantitative estimate of drug-likeness (QED) is 0.0235. The Hall–Kier alpha value is -5.58. The van der Waals surface area contributed by atoms with Gasteiger partial charge in [-0.3, -0.25) is 43.3 Å². The molecule has 6 atom stereocenters. The Morgan fingerprint density at radius 2 is 1.38 bits per heavy atom. The first-order valence-corrected chi connectivity index (χ1v) is 17.6. The number of aliphatic hydroxyl groups excluding tert-OH is 1. The molecule has 55 heavy (non-hydrogen) atoms. The van der Waals surface area contributed by atoms with Crippen molar-refractivity contribution in [3.05, 3.63) is 0 Å². The molecule has 1 aliphatic heterocycles. The molecule has 23 nitrogen and oxygen atoms in total. The maximum atomic E-state index is 13.7. The highest BCUT2D eigenvalue weighted by atomic mass is 16.4. The number of carboxylic acids is 3. The zero-order valence-corrected chi connectivity index (χ0v) is 30.8. The summed E-state index contributed by atoms with van der Waals surface area (Å²) in [4.78, 5) is 117. The zero-order valence-electron chi connectivity index (χ0n) is 30.8.